The van der Waals surface area contributed by atoms with Crippen molar-refractivity contribution >= 4 is 10.8 Å². The highest BCUT2D eigenvalue weighted by atomic mass is 19.1. The predicted molar refractivity (Wildman–Crippen MR) is 68.3 cm³/mol. The summed E-state index contributed by atoms with van der Waals surface area (Å²) >= 11 is 0. The van der Waals surface area contributed by atoms with Gasteiger partial charge in [0.1, 0.15) is 5.82 Å². The number of hydrogen-bond donors (Lipinski definition) is 0. The second-order valence-corrected chi connectivity index (χ2v) is 4.12. The van der Waals surface area contributed by atoms with Crippen LogP contribution in [0.3, 0.4) is 0 Å². The largest absolute Gasteiger partial charge is 0.618 e. The highest BCUT2D eigenvalue weighted by Crippen LogP contribution is 2.20. The number of pyridine rings is 1. The average molecular weight is 239 g/mol. The zero-order chi connectivity index (χ0) is 12.5. The average Bonchev–Trinajstić information content (AvgIpc) is 2.39. The van der Waals surface area contributed by atoms with E-state index in [2.05, 4.69) is 0 Å². The first-order chi connectivity index (χ1) is 8.74. The van der Waals surface area contributed by atoms with Crippen LogP contribution in [0.4, 0.5) is 4.39 Å². The van der Waals surface area contributed by atoms with Crippen LogP contribution in [0.5, 0.6) is 0 Å². The van der Waals surface area contributed by atoms with Gasteiger partial charge in [-0.1, -0.05) is 18.2 Å². The summed E-state index contributed by atoms with van der Waals surface area (Å²) in [6.07, 6.45) is 1.54. The molecule has 0 atom stereocenters. The van der Waals surface area contributed by atoms with E-state index in [-0.39, 0.29) is 5.82 Å². The van der Waals surface area contributed by atoms with Crippen LogP contribution >= 0.6 is 0 Å². The van der Waals surface area contributed by atoms with Crippen LogP contribution in [0, 0.1) is 11.0 Å². The topological polar surface area (TPSA) is 26.9 Å². The Morgan fingerprint density at radius 3 is 2.28 bits per heavy atom. The predicted octanol–water partition coefficient (Wildman–Crippen LogP) is 3.28. The fourth-order valence-corrected chi connectivity index (χ4v) is 2.00. The summed E-state index contributed by atoms with van der Waals surface area (Å²) < 4.78 is 13.7. The normalized spacial score (nSPS) is 10.7. The fourth-order valence-electron chi connectivity index (χ4n) is 2.00. The quantitative estimate of drug-likeness (QED) is 0.473. The molecule has 0 saturated heterocycles. The van der Waals surface area contributed by atoms with Crippen molar-refractivity contribution in [2.45, 2.75) is 0 Å². The van der Waals surface area contributed by atoms with Crippen LogP contribution in [0.1, 0.15) is 0 Å². The third kappa shape index (κ3) is 1.80. The molecule has 0 unspecified atom stereocenters. The van der Waals surface area contributed by atoms with Gasteiger partial charge in [0.05, 0.1) is 0 Å². The molecule has 0 radical (unpaired) electrons. The molecular formula is C15H10FNO. The van der Waals surface area contributed by atoms with Gasteiger partial charge in [0, 0.05) is 17.0 Å². The first kappa shape index (κ1) is 10.7. The lowest BCUT2D eigenvalue weighted by molar-refractivity contribution is -0.592. The van der Waals surface area contributed by atoms with E-state index in [9.17, 15) is 9.60 Å². The number of fused-ring (bicyclic) bond motifs is 1. The molecule has 2 aromatic carbocycles. The lowest BCUT2D eigenvalue weighted by Crippen LogP contribution is -2.28. The molecule has 18 heavy (non-hydrogen) atoms. The monoisotopic (exact) mass is 239 g/mol. The molecule has 0 bridgehead atoms. The maximum absolute atomic E-state index is 12.9. The molecule has 0 amide bonds. The van der Waals surface area contributed by atoms with Gasteiger partial charge in [-0.3, -0.25) is 0 Å². The summed E-state index contributed by atoms with van der Waals surface area (Å²) in [5, 5.41) is 13.8. The molecule has 0 spiro atoms. The SMILES string of the molecule is [O-][n+]1cc2ccccc2cc1-c1ccc(F)cc1. The molecule has 3 aromatic rings. The van der Waals surface area contributed by atoms with Gasteiger partial charge in [-0.05, 0) is 35.7 Å². The fraction of sp³-hybridized carbons (Fsp3) is 0. The smallest absolute Gasteiger partial charge is 0.224 e. The van der Waals surface area contributed by atoms with Crippen LogP contribution < -0.4 is 4.73 Å². The molecule has 0 fully saturated rings. The zero-order valence-electron chi connectivity index (χ0n) is 9.51. The van der Waals surface area contributed by atoms with Crippen molar-refractivity contribution in [3.63, 3.8) is 0 Å². The third-order valence-electron chi connectivity index (χ3n) is 2.92. The minimum absolute atomic E-state index is 0.308. The lowest BCUT2D eigenvalue weighted by Gasteiger charge is -2.06. The van der Waals surface area contributed by atoms with E-state index in [4.69, 9.17) is 0 Å². The van der Waals surface area contributed by atoms with Gasteiger partial charge in [-0.15, -0.1) is 0 Å². The molecule has 1 heterocycles. The van der Waals surface area contributed by atoms with Gasteiger partial charge >= 0.3 is 0 Å². The van der Waals surface area contributed by atoms with Crippen molar-refractivity contribution < 1.29 is 9.12 Å². The standard InChI is InChI=1S/C15H10FNO/c16-14-7-5-11(6-8-14)15-9-12-3-1-2-4-13(12)10-17(15)18/h1-10H. The summed E-state index contributed by atoms with van der Waals surface area (Å²) in [4.78, 5) is 0. The van der Waals surface area contributed by atoms with Gasteiger partial charge in [0.25, 0.3) is 0 Å². The molecular weight excluding hydrogens is 229 g/mol. The Bertz CT molecular complexity index is 707. The Kier molecular flexibility index (Phi) is 2.45. The van der Waals surface area contributed by atoms with Gasteiger partial charge < -0.3 is 5.21 Å². The second kappa shape index (κ2) is 4.11. The second-order valence-electron chi connectivity index (χ2n) is 4.12. The van der Waals surface area contributed by atoms with E-state index in [0.29, 0.717) is 11.3 Å². The van der Waals surface area contributed by atoms with Crippen LogP contribution in [-0.2, 0) is 0 Å². The number of halogens is 1. The minimum atomic E-state index is -0.308. The van der Waals surface area contributed by atoms with E-state index in [1.165, 1.54) is 18.3 Å². The van der Waals surface area contributed by atoms with Crippen LogP contribution in [0.15, 0.2) is 60.8 Å². The lowest BCUT2D eigenvalue weighted by atomic mass is 10.1. The highest BCUT2D eigenvalue weighted by molar-refractivity contribution is 5.83. The Hall–Kier alpha value is -2.42. The molecule has 2 nitrogen and oxygen atoms in total. The molecule has 0 aliphatic rings. The van der Waals surface area contributed by atoms with Crippen molar-refractivity contribution in [3.05, 3.63) is 71.8 Å². The maximum Gasteiger partial charge on any atom is 0.224 e. The van der Waals surface area contributed by atoms with E-state index < -0.39 is 0 Å². The Morgan fingerprint density at radius 1 is 0.889 bits per heavy atom. The van der Waals surface area contributed by atoms with Gasteiger partial charge in [0.2, 0.25) is 5.69 Å². The van der Waals surface area contributed by atoms with Gasteiger partial charge in [0.15, 0.2) is 6.20 Å². The highest BCUT2D eigenvalue weighted by Gasteiger charge is 2.10. The molecule has 88 valence electrons. The Balaban J connectivity index is 2.22. The van der Waals surface area contributed by atoms with E-state index in [1.807, 2.05) is 30.3 Å². The molecule has 1 aromatic heterocycles. The number of aromatic nitrogens is 1. The molecule has 0 saturated carbocycles. The van der Waals surface area contributed by atoms with Crippen LogP contribution in [0.25, 0.3) is 22.0 Å². The Labute approximate surface area is 104 Å². The number of rotatable bonds is 1. The zero-order valence-corrected chi connectivity index (χ0v) is 9.51. The first-order valence-electron chi connectivity index (χ1n) is 5.62. The molecule has 0 aliphatic heterocycles. The third-order valence-corrected chi connectivity index (χ3v) is 2.92. The van der Waals surface area contributed by atoms with Crippen LogP contribution in [0.2, 0.25) is 0 Å². The maximum atomic E-state index is 12.9. The summed E-state index contributed by atoms with van der Waals surface area (Å²) in [6, 6.07) is 15.4. The number of nitrogens with zero attached hydrogens (tertiary/aromatic N) is 1. The Morgan fingerprint density at radius 2 is 1.56 bits per heavy atom. The summed E-state index contributed by atoms with van der Waals surface area (Å²) in [5.41, 5.74) is 1.23. The molecule has 0 aliphatic carbocycles. The molecule has 0 N–H and O–H groups in total. The van der Waals surface area contributed by atoms with Crippen molar-refractivity contribution in [2.75, 3.05) is 0 Å². The summed E-state index contributed by atoms with van der Waals surface area (Å²) in [5.74, 6) is -0.308. The molecule has 3 heteroatoms. The number of benzene rings is 2. The number of hydrogen-bond acceptors (Lipinski definition) is 1. The van der Waals surface area contributed by atoms with Crippen LogP contribution in [-0.4, -0.2) is 0 Å². The summed E-state index contributed by atoms with van der Waals surface area (Å²) in [6.45, 7) is 0. The first-order valence-corrected chi connectivity index (χ1v) is 5.62. The summed E-state index contributed by atoms with van der Waals surface area (Å²) in [7, 11) is 0. The van der Waals surface area contributed by atoms with E-state index in [0.717, 1.165) is 15.5 Å². The van der Waals surface area contributed by atoms with Gasteiger partial charge in [-0.2, -0.15) is 4.73 Å². The van der Waals surface area contributed by atoms with Crippen molar-refractivity contribution in [1.29, 1.82) is 0 Å². The van der Waals surface area contributed by atoms with Crippen molar-refractivity contribution in [2.24, 2.45) is 0 Å². The van der Waals surface area contributed by atoms with Crippen molar-refractivity contribution in [3.8, 4) is 11.3 Å². The van der Waals surface area contributed by atoms with Crippen molar-refractivity contribution in [1.82, 2.24) is 0 Å². The van der Waals surface area contributed by atoms with E-state index >= 15 is 0 Å². The van der Waals surface area contributed by atoms with E-state index in [1.54, 1.807) is 12.1 Å². The van der Waals surface area contributed by atoms with Gasteiger partial charge in [-0.25, -0.2) is 4.39 Å². The molecule has 3 rings (SSSR count). The minimum Gasteiger partial charge on any atom is -0.618 e.